The fourth-order valence-electron chi connectivity index (χ4n) is 2.81. The van der Waals surface area contributed by atoms with E-state index in [-0.39, 0.29) is 17.2 Å². The molecule has 0 spiro atoms. The molecule has 1 aliphatic carbocycles. The van der Waals surface area contributed by atoms with Crippen molar-refractivity contribution in [1.29, 1.82) is 0 Å². The second-order valence-corrected chi connectivity index (χ2v) is 6.26. The molecule has 1 N–H and O–H groups in total. The van der Waals surface area contributed by atoms with Crippen molar-refractivity contribution >= 4 is 11.6 Å². The molecule has 3 nitrogen and oxygen atoms in total. The van der Waals surface area contributed by atoms with Crippen LogP contribution in [0.1, 0.15) is 27.7 Å². The quantitative estimate of drug-likeness (QED) is 0.846. The van der Waals surface area contributed by atoms with E-state index in [2.05, 4.69) is 39.1 Å². The maximum Gasteiger partial charge on any atom is 0.228 e. The van der Waals surface area contributed by atoms with E-state index < -0.39 is 0 Å². The standard InChI is InChI=1S/C17H23NO2/c1-11(2)10-12-15(17(12,3)4)16(19)18-13-8-6-7-9-14(13)20-5/h6-10,12,15H,1-5H3,(H,18,19). The highest BCUT2D eigenvalue weighted by molar-refractivity contribution is 5.96. The Bertz CT molecular complexity index is 542. The summed E-state index contributed by atoms with van der Waals surface area (Å²) in [5.74, 6) is 1.12. The van der Waals surface area contributed by atoms with Crippen molar-refractivity contribution < 1.29 is 9.53 Å². The molecule has 108 valence electrons. The second kappa shape index (κ2) is 5.31. The summed E-state index contributed by atoms with van der Waals surface area (Å²) in [6.45, 7) is 8.43. The number of amides is 1. The monoisotopic (exact) mass is 273 g/mol. The molecule has 2 atom stereocenters. The molecule has 1 fully saturated rings. The molecule has 0 heterocycles. The predicted octanol–water partition coefficient (Wildman–Crippen LogP) is 3.87. The minimum absolute atomic E-state index is 0.0299. The Morgan fingerprint density at radius 3 is 2.55 bits per heavy atom. The molecule has 20 heavy (non-hydrogen) atoms. The second-order valence-electron chi connectivity index (χ2n) is 6.26. The van der Waals surface area contributed by atoms with Crippen LogP contribution in [0, 0.1) is 17.3 Å². The van der Waals surface area contributed by atoms with E-state index in [9.17, 15) is 4.79 Å². The summed E-state index contributed by atoms with van der Waals surface area (Å²) < 4.78 is 5.26. The van der Waals surface area contributed by atoms with Crippen LogP contribution in [0.2, 0.25) is 0 Å². The predicted molar refractivity (Wildman–Crippen MR) is 81.8 cm³/mol. The number of rotatable bonds is 4. The van der Waals surface area contributed by atoms with Gasteiger partial charge in [0.25, 0.3) is 0 Å². The van der Waals surface area contributed by atoms with E-state index in [0.29, 0.717) is 11.7 Å². The van der Waals surface area contributed by atoms with Crippen LogP contribution in [-0.2, 0) is 4.79 Å². The third kappa shape index (κ3) is 2.72. The van der Waals surface area contributed by atoms with Crippen LogP contribution >= 0.6 is 0 Å². The summed E-state index contributed by atoms with van der Waals surface area (Å²) in [6.07, 6.45) is 2.20. The molecule has 1 aliphatic rings. The molecule has 0 radical (unpaired) electrons. The first-order chi connectivity index (χ1) is 9.37. The van der Waals surface area contributed by atoms with Crippen molar-refractivity contribution in [3.8, 4) is 5.75 Å². The van der Waals surface area contributed by atoms with Crippen LogP contribution in [0.4, 0.5) is 5.69 Å². The number of nitrogens with one attached hydrogen (secondary N) is 1. The number of hydrogen-bond donors (Lipinski definition) is 1. The highest BCUT2D eigenvalue weighted by atomic mass is 16.5. The Labute approximate surface area is 121 Å². The van der Waals surface area contributed by atoms with Crippen molar-refractivity contribution in [3.05, 3.63) is 35.9 Å². The SMILES string of the molecule is COc1ccccc1NC(=O)C1C(C=C(C)C)C1(C)C. The Hall–Kier alpha value is -1.77. The zero-order valence-corrected chi connectivity index (χ0v) is 12.9. The topological polar surface area (TPSA) is 38.3 Å². The Kier molecular flexibility index (Phi) is 3.89. The molecule has 2 unspecified atom stereocenters. The van der Waals surface area contributed by atoms with Gasteiger partial charge in [0.1, 0.15) is 5.75 Å². The first kappa shape index (κ1) is 14.6. The van der Waals surface area contributed by atoms with Crippen LogP contribution < -0.4 is 10.1 Å². The van der Waals surface area contributed by atoms with Crippen LogP contribution in [0.15, 0.2) is 35.9 Å². The van der Waals surface area contributed by atoms with Crippen molar-refractivity contribution in [2.24, 2.45) is 17.3 Å². The summed E-state index contributed by atoms with van der Waals surface area (Å²) >= 11 is 0. The molecule has 0 bridgehead atoms. The van der Waals surface area contributed by atoms with Gasteiger partial charge in [0.05, 0.1) is 18.7 Å². The van der Waals surface area contributed by atoms with Gasteiger partial charge in [0, 0.05) is 0 Å². The molecular formula is C17H23NO2. The minimum Gasteiger partial charge on any atom is -0.495 e. The molecule has 1 saturated carbocycles. The van der Waals surface area contributed by atoms with E-state index in [4.69, 9.17) is 4.74 Å². The van der Waals surface area contributed by atoms with Gasteiger partial charge in [-0.3, -0.25) is 4.79 Å². The number of hydrogen-bond acceptors (Lipinski definition) is 2. The number of carbonyl (C=O) groups excluding carboxylic acids is 1. The molecule has 1 aromatic rings. The van der Waals surface area contributed by atoms with Gasteiger partial charge >= 0.3 is 0 Å². The largest absolute Gasteiger partial charge is 0.495 e. The summed E-state index contributed by atoms with van der Waals surface area (Å²) in [4.78, 5) is 12.5. The van der Waals surface area contributed by atoms with Gasteiger partial charge in [-0.25, -0.2) is 0 Å². The van der Waals surface area contributed by atoms with Crippen molar-refractivity contribution in [3.63, 3.8) is 0 Å². The van der Waals surface area contributed by atoms with E-state index >= 15 is 0 Å². The lowest BCUT2D eigenvalue weighted by molar-refractivity contribution is -0.118. The molecule has 1 aromatic carbocycles. The average Bonchev–Trinajstić information content (AvgIpc) is 2.90. The number of benzene rings is 1. The van der Waals surface area contributed by atoms with Gasteiger partial charge < -0.3 is 10.1 Å². The van der Waals surface area contributed by atoms with Crippen LogP contribution in [-0.4, -0.2) is 13.0 Å². The third-order valence-corrected chi connectivity index (χ3v) is 4.07. The molecule has 2 rings (SSSR count). The summed E-state index contributed by atoms with van der Waals surface area (Å²) in [6, 6.07) is 7.49. The number of ether oxygens (including phenoxy) is 1. The third-order valence-electron chi connectivity index (χ3n) is 4.07. The van der Waals surface area contributed by atoms with Gasteiger partial charge in [0.2, 0.25) is 5.91 Å². The number of methoxy groups -OCH3 is 1. The van der Waals surface area contributed by atoms with E-state index in [1.165, 1.54) is 5.57 Å². The summed E-state index contributed by atoms with van der Waals surface area (Å²) in [5, 5.41) is 2.99. The van der Waals surface area contributed by atoms with E-state index in [0.717, 1.165) is 5.69 Å². The highest BCUT2D eigenvalue weighted by Crippen LogP contribution is 2.59. The average molecular weight is 273 g/mol. The molecule has 0 aliphatic heterocycles. The zero-order chi connectivity index (χ0) is 14.9. The maximum atomic E-state index is 12.5. The first-order valence-electron chi connectivity index (χ1n) is 6.97. The Morgan fingerprint density at radius 1 is 1.30 bits per heavy atom. The molecule has 0 saturated heterocycles. The molecule has 0 aromatic heterocycles. The minimum atomic E-state index is 0.0299. The van der Waals surface area contributed by atoms with Gasteiger partial charge in [-0.15, -0.1) is 0 Å². The first-order valence-corrected chi connectivity index (χ1v) is 6.97. The number of para-hydroxylation sites is 2. The van der Waals surface area contributed by atoms with Crippen molar-refractivity contribution in [2.75, 3.05) is 12.4 Å². The van der Waals surface area contributed by atoms with E-state index in [1.54, 1.807) is 7.11 Å². The van der Waals surface area contributed by atoms with Crippen LogP contribution in [0.5, 0.6) is 5.75 Å². The lowest BCUT2D eigenvalue weighted by Crippen LogP contribution is -2.17. The molecular weight excluding hydrogens is 250 g/mol. The maximum absolute atomic E-state index is 12.5. The summed E-state index contributed by atoms with van der Waals surface area (Å²) in [7, 11) is 1.61. The Morgan fingerprint density at radius 2 is 1.95 bits per heavy atom. The van der Waals surface area contributed by atoms with Crippen LogP contribution in [0.25, 0.3) is 0 Å². The van der Waals surface area contributed by atoms with Gasteiger partial charge in [-0.2, -0.15) is 0 Å². The summed E-state index contributed by atoms with van der Waals surface area (Å²) in [5.41, 5.74) is 2.03. The number of allylic oxidation sites excluding steroid dienone is 2. The molecule has 1 amide bonds. The van der Waals surface area contributed by atoms with Gasteiger partial charge in [-0.05, 0) is 37.3 Å². The van der Waals surface area contributed by atoms with Crippen molar-refractivity contribution in [1.82, 2.24) is 0 Å². The fraction of sp³-hybridized carbons (Fsp3) is 0.471. The normalized spacial score (nSPS) is 22.9. The zero-order valence-electron chi connectivity index (χ0n) is 12.9. The number of anilines is 1. The van der Waals surface area contributed by atoms with Gasteiger partial charge in [-0.1, -0.05) is 37.6 Å². The highest BCUT2D eigenvalue weighted by Gasteiger charge is 2.60. The van der Waals surface area contributed by atoms with Crippen LogP contribution in [0.3, 0.4) is 0 Å². The van der Waals surface area contributed by atoms with E-state index in [1.807, 2.05) is 24.3 Å². The van der Waals surface area contributed by atoms with Crippen molar-refractivity contribution in [2.45, 2.75) is 27.7 Å². The fourth-order valence-corrected chi connectivity index (χ4v) is 2.81. The lowest BCUT2D eigenvalue weighted by Gasteiger charge is -2.10. The van der Waals surface area contributed by atoms with Gasteiger partial charge in [0.15, 0.2) is 0 Å². The molecule has 3 heteroatoms. The smallest absolute Gasteiger partial charge is 0.228 e. The lowest BCUT2D eigenvalue weighted by atomic mass is 10.1. The Balaban J connectivity index is 2.12. The number of carbonyl (C=O) groups is 1.